The van der Waals surface area contributed by atoms with E-state index in [1.54, 1.807) is 12.2 Å². The lowest BCUT2D eigenvalue weighted by molar-refractivity contribution is -0.120. The molecule has 0 fully saturated rings. The van der Waals surface area contributed by atoms with Crippen molar-refractivity contribution in [3.05, 3.63) is 24.0 Å². The lowest BCUT2D eigenvalue weighted by atomic mass is 9.88. The van der Waals surface area contributed by atoms with Gasteiger partial charge >= 0.3 is 0 Å². The Kier molecular flexibility index (Phi) is 2.88. The molecular formula is C10H15NO2. The standard InChI is InChI=1S/C10H15NO2/c1-3-13-9-4-6-10(11,7-5-9)8(2)12/h4-6H,3,7,11H2,1-2H3. The van der Waals surface area contributed by atoms with Crippen LogP contribution in [0.3, 0.4) is 0 Å². The summed E-state index contributed by atoms with van der Waals surface area (Å²) in [4.78, 5) is 11.1. The molecule has 0 spiro atoms. The number of carbonyl (C=O) groups excluding carboxylic acids is 1. The lowest BCUT2D eigenvalue weighted by Crippen LogP contribution is -2.45. The average Bonchev–Trinajstić information content (AvgIpc) is 2.09. The van der Waals surface area contributed by atoms with Gasteiger partial charge in [0.25, 0.3) is 0 Å². The smallest absolute Gasteiger partial charge is 0.153 e. The highest BCUT2D eigenvalue weighted by molar-refractivity contribution is 5.88. The van der Waals surface area contributed by atoms with Crippen molar-refractivity contribution in [1.29, 1.82) is 0 Å². The number of rotatable bonds is 3. The average molecular weight is 181 g/mol. The summed E-state index contributed by atoms with van der Waals surface area (Å²) < 4.78 is 5.26. The summed E-state index contributed by atoms with van der Waals surface area (Å²) in [5, 5.41) is 0. The second-order valence-electron chi connectivity index (χ2n) is 3.17. The molecule has 1 rings (SSSR count). The number of carbonyl (C=O) groups is 1. The molecule has 0 radical (unpaired) electrons. The third-order valence-corrected chi connectivity index (χ3v) is 2.15. The first-order chi connectivity index (χ1) is 6.08. The van der Waals surface area contributed by atoms with Crippen LogP contribution < -0.4 is 5.73 Å². The number of ether oxygens (including phenoxy) is 1. The fourth-order valence-electron chi connectivity index (χ4n) is 1.17. The Labute approximate surface area is 78.3 Å². The van der Waals surface area contributed by atoms with Crippen molar-refractivity contribution in [3.8, 4) is 0 Å². The molecule has 1 unspecified atom stereocenters. The number of hydrogen-bond donors (Lipinski definition) is 1. The molecule has 72 valence electrons. The van der Waals surface area contributed by atoms with Crippen LogP contribution >= 0.6 is 0 Å². The summed E-state index contributed by atoms with van der Waals surface area (Å²) in [6, 6.07) is 0. The van der Waals surface area contributed by atoms with Crippen LogP contribution in [0.5, 0.6) is 0 Å². The molecule has 0 saturated heterocycles. The van der Waals surface area contributed by atoms with Gasteiger partial charge in [-0.15, -0.1) is 0 Å². The third-order valence-electron chi connectivity index (χ3n) is 2.15. The van der Waals surface area contributed by atoms with Crippen LogP contribution in [0.1, 0.15) is 20.3 Å². The van der Waals surface area contributed by atoms with E-state index in [1.807, 2.05) is 13.0 Å². The second-order valence-corrected chi connectivity index (χ2v) is 3.17. The SMILES string of the molecule is CCOC1=CCC(N)(C(C)=O)C=C1. The fraction of sp³-hybridized carbons (Fsp3) is 0.500. The minimum Gasteiger partial charge on any atom is -0.494 e. The van der Waals surface area contributed by atoms with Gasteiger partial charge in [-0.05, 0) is 32.4 Å². The van der Waals surface area contributed by atoms with E-state index in [0.717, 1.165) is 5.76 Å². The van der Waals surface area contributed by atoms with Gasteiger partial charge in [0.2, 0.25) is 0 Å². The molecule has 2 N–H and O–H groups in total. The van der Waals surface area contributed by atoms with Crippen molar-refractivity contribution in [3.63, 3.8) is 0 Å². The van der Waals surface area contributed by atoms with Crippen molar-refractivity contribution < 1.29 is 9.53 Å². The topological polar surface area (TPSA) is 52.3 Å². The molecule has 0 aromatic rings. The van der Waals surface area contributed by atoms with E-state index in [9.17, 15) is 4.79 Å². The van der Waals surface area contributed by atoms with Gasteiger partial charge in [-0.3, -0.25) is 4.79 Å². The van der Waals surface area contributed by atoms with Crippen molar-refractivity contribution in [2.45, 2.75) is 25.8 Å². The Bertz CT molecular complexity index is 268. The van der Waals surface area contributed by atoms with Crippen molar-refractivity contribution >= 4 is 5.78 Å². The van der Waals surface area contributed by atoms with Crippen molar-refractivity contribution in [2.24, 2.45) is 5.73 Å². The van der Waals surface area contributed by atoms with Crippen molar-refractivity contribution in [1.82, 2.24) is 0 Å². The lowest BCUT2D eigenvalue weighted by Gasteiger charge is -2.24. The Morgan fingerprint density at radius 3 is 2.85 bits per heavy atom. The Morgan fingerprint density at radius 1 is 1.77 bits per heavy atom. The molecular weight excluding hydrogens is 166 g/mol. The van der Waals surface area contributed by atoms with Gasteiger partial charge in [-0.2, -0.15) is 0 Å². The molecule has 1 atom stereocenters. The molecule has 0 amide bonds. The van der Waals surface area contributed by atoms with Crippen LogP contribution in [0.15, 0.2) is 24.0 Å². The zero-order valence-electron chi connectivity index (χ0n) is 8.04. The molecule has 0 aromatic carbocycles. The minimum absolute atomic E-state index is 0.0180. The Morgan fingerprint density at radius 2 is 2.46 bits per heavy atom. The minimum atomic E-state index is -0.819. The molecule has 1 aliphatic carbocycles. The highest BCUT2D eigenvalue weighted by Gasteiger charge is 2.28. The van der Waals surface area contributed by atoms with E-state index in [0.29, 0.717) is 13.0 Å². The van der Waals surface area contributed by atoms with E-state index in [-0.39, 0.29) is 5.78 Å². The maximum atomic E-state index is 11.1. The number of ketones is 1. The molecule has 0 aliphatic heterocycles. The van der Waals surface area contributed by atoms with Gasteiger partial charge in [-0.25, -0.2) is 0 Å². The molecule has 0 aromatic heterocycles. The number of nitrogens with two attached hydrogens (primary N) is 1. The largest absolute Gasteiger partial charge is 0.494 e. The summed E-state index contributed by atoms with van der Waals surface area (Å²) in [5.74, 6) is 0.778. The van der Waals surface area contributed by atoms with Crippen LogP contribution in [0, 0.1) is 0 Å². The monoisotopic (exact) mass is 181 g/mol. The molecule has 0 bridgehead atoms. The first-order valence-corrected chi connectivity index (χ1v) is 4.40. The van der Waals surface area contributed by atoms with E-state index in [1.165, 1.54) is 6.92 Å². The summed E-state index contributed by atoms with van der Waals surface area (Å²) in [6.07, 6.45) is 5.84. The summed E-state index contributed by atoms with van der Waals surface area (Å²) in [5.41, 5.74) is 5.00. The zero-order chi connectivity index (χ0) is 9.90. The predicted octanol–water partition coefficient (Wildman–Crippen LogP) is 1.15. The van der Waals surface area contributed by atoms with Crippen LogP contribution in [-0.2, 0) is 9.53 Å². The first kappa shape index (κ1) is 9.99. The summed E-state index contributed by atoms with van der Waals surface area (Å²) in [7, 11) is 0. The highest BCUT2D eigenvalue weighted by Crippen LogP contribution is 2.19. The van der Waals surface area contributed by atoms with Gasteiger partial charge in [-0.1, -0.05) is 6.08 Å². The van der Waals surface area contributed by atoms with Crippen LogP contribution in [0.4, 0.5) is 0 Å². The first-order valence-electron chi connectivity index (χ1n) is 4.40. The summed E-state index contributed by atoms with van der Waals surface area (Å²) >= 11 is 0. The van der Waals surface area contributed by atoms with Crippen LogP contribution in [-0.4, -0.2) is 17.9 Å². The van der Waals surface area contributed by atoms with Gasteiger partial charge in [0.05, 0.1) is 12.1 Å². The number of Topliss-reactive ketones (excluding diaryl/α,β-unsaturated/α-hetero) is 1. The maximum absolute atomic E-state index is 11.1. The normalized spacial score (nSPS) is 26.8. The van der Waals surface area contributed by atoms with E-state index >= 15 is 0 Å². The van der Waals surface area contributed by atoms with E-state index in [4.69, 9.17) is 10.5 Å². The molecule has 1 aliphatic rings. The molecule has 0 saturated carbocycles. The molecule has 3 heteroatoms. The van der Waals surface area contributed by atoms with Gasteiger partial charge < -0.3 is 10.5 Å². The quantitative estimate of drug-likeness (QED) is 0.710. The van der Waals surface area contributed by atoms with Gasteiger partial charge in [0, 0.05) is 0 Å². The summed E-state index contributed by atoms with van der Waals surface area (Å²) in [6.45, 7) is 4.06. The fourth-order valence-corrected chi connectivity index (χ4v) is 1.17. The molecule has 13 heavy (non-hydrogen) atoms. The van der Waals surface area contributed by atoms with Crippen LogP contribution in [0.2, 0.25) is 0 Å². The van der Waals surface area contributed by atoms with E-state index < -0.39 is 5.54 Å². The maximum Gasteiger partial charge on any atom is 0.153 e. The van der Waals surface area contributed by atoms with E-state index in [2.05, 4.69) is 0 Å². The Balaban J connectivity index is 2.67. The van der Waals surface area contributed by atoms with Crippen LogP contribution in [0.25, 0.3) is 0 Å². The number of hydrogen-bond acceptors (Lipinski definition) is 3. The molecule has 3 nitrogen and oxygen atoms in total. The number of allylic oxidation sites excluding steroid dienone is 1. The van der Waals surface area contributed by atoms with Gasteiger partial charge in [0.15, 0.2) is 5.78 Å². The van der Waals surface area contributed by atoms with Crippen molar-refractivity contribution in [2.75, 3.05) is 6.61 Å². The second kappa shape index (κ2) is 3.75. The third kappa shape index (κ3) is 2.18. The molecule has 0 heterocycles. The Hall–Kier alpha value is -1.09. The zero-order valence-corrected chi connectivity index (χ0v) is 8.04. The predicted molar refractivity (Wildman–Crippen MR) is 51.1 cm³/mol. The highest BCUT2D eigenvalue weighted by atomic mass is 16.5. The van der Waals surface area contributed by atoms with Gasteiger partial charge in [0.1, 0.15) is 5.76 Å².